The number of fused-ring (bicyclic) bond motifs is 3. The lowest BCUT2D eigenvalue weighted by atomic mass is 10.0. The summed E-state index contributed by atoms with van der Waals surface area (Å²) in [6.07, 6.45) is 6.86. The molecule has 2 aromatic heterocycles. The van der Waals surface area contributed by atoms with E-state index in [1.807, 2.05) is 37.9 Å². The van der Waals surface area contributed by atoms with Crippen molar-refractivity contribution < 1.29 is 9.53 Å². The van der Waals surface area contributed by atoms with Gasteiger partial charge < -0.3 is 14.6 Å². The van der Waals surface area contributed by atoms with Crippen LogP contribution in [0.1, 0.15) is 32.8 Å². The van der Waals surface area contributed by atoms with Crippen molar-refractivity contribution in [1.29, 1.82) is 0 Å². The third-order valence-corrected chi connectivity index (χ3v) is 4.50. The van der Waals surface area contributed by atoms with E-state index in [0.717, 1.165) is 29.6 Å². The van der Waals surface area contributed by atoms with Crippen molar-refractivity contribution in [2.75, 3.05) is 6.54 Å². The zero-order valence-electron chi connectivity index (χ0n) is 13.7. The number of hydrogen-bond acceptors (Lipinski definition) is 3. The summed E-state index contributed by atoms with van der Waals surface area (Å²) >= 11 is 0. The van der Waals surface area contributed by atoms with Crippen LogP contribution in [-0.4, -0.2) is 39.1 Å². The number of aromatic nitrogens is 2. The first-order chi connectivity index (χ1) is 10.9. The number of hydrogen-bond donors (Lipinski definition) is 1. The number of amides is 1. The maximum absolute atomic E-state index is 12.5. The summed E-state index contributed by atoms with van der Waals surface area (Å²) in [6, 6.07) is 4.12. The molecule has 23 heavy (non-hydrogen) atoms. The zero-order chi connectivity index (χ0) is 16.2. The summed E-state index contributed by atoms with van der Waals surface area (Å²) in [6.45, 7) is 6.47. The monoisotopic (exact) mass is 311 g/mol. The van der Waals surface area contributed by atoms with Gasteiger partial charge in [0.15, 0.2) is 0 Å². The molecule has 0 radical (unpaired) electrons. The topological polar surface area (TPSA) is 58.2 Å². The van der Waals surface area contributed by atoms with Crippen LogP contribution in [0.15, 0.2) is 30.6 Å². The lowest BCUT2D eigenvalue weighted by Gasteiger charge is -2.31. The third kappa shape index (κ3) is 2.40. The number of pyridine rings is 1. The molecule has 4 rings (SSSR count). The largest absolute Gasteiger partial charge is 0.444 e. The molecule has 0 spiro atoms. The molecule has 2 atom stereocenters. The molecule has 1 fully saturated rings. The van der Waals surface area contributed by atoms with Gasteiger partial charge >= 0.3 is 6.09 Å². The molecule has 1 amide bonds. The lowest BCUT2D eigenvalue weighted by molar-refractivity contribution is 0.0253. The summed E-state index contributed by atoms with van der Waals surface area (Å²) < 4.78 is 5.57. The number of nitrogens with one attached hydrogen (secondary N) is 1. The van der Waals surface area contributed by atoms with Crippen molar-refractivity contribution in [2.45, 2.75) is 38.8 Å². The molecule has 1 N–H and O–H groups in total. The van der Waals surface area contributed by atoms with E-state index in [4.69, 9.17) is 4.74 Å². The highest BCUT2D eigenvalue weighted by atomic mass is 16.6. The Kier molecular flexibility index (Phi) is 3.01. The second-order valence-corrected chi connectivity index (χ2v) is 7.37. The first-order valence-electron chi connectivity index (χ1n) is 8.06. The summed E-state index contributed by atoms with van der Waals surface area (Å²) in [7, 11) is 0. The summed E-state index contributed by atoms with van der Waals surface area (Å²) in [5, 5.41) is 1.11. The van der Waals surface area contributed by atoms with E-state index < -0.39 is 5.60 Å². The zero-order valence-corrected chi connectivity index (χ0v) is 13.7. The lowest BCUT2D eigenvalue weighted by Crippen LogP contribution is -2.41. The first kappa shape index (κ1) is 14.3. The van der Waals surface area contributed by atoms with Gasteiger partial charge in [-0.1, -0.05) is 6.08 Å². The van der Waals surface area contributed by atoms with Gasteiger partial charge in [0.1, 0.15) is 11.2 Å². The maximum atomic E-state index is 12.5. The van der Waals surface area contributed by atoms with Gasteiger partial charge in [-0.05, 0) is 50.8 Å². The number of aromatic amines is 1. The molecule has 1 aliphatic heterocycles. The van der Waals surface area contributed by atoms with E-state index in [1.54, 1.807) is 6.20 Å². The SMILES string of the molecule is CC(C)(C)OC(=O)N1C[C@H]2C=C(c3c[nH]c4ncccc34)[C@@H]1C2. The number of carbonyl (C=O) groups is 1. The Morgan fingerprint density at radius 3 is 3.00 bits per heavy atom. The smallest absolute Gasteiger partial charge is 0.410 e. The fourth-order valence-corrected chi connectivity index (χ4v) is 3.64. The highest BCUT2D eigenvalue weighted by Gasteiger charge is 2.43. The Morgan fingerprint density at radius 1 is 1.43 bits per heavy atom. The Labute approximate surface area is 135 Å². The van der Waals surface area contributed by atoms with Gasteiger partial charge in [0.25, 0.3) is 0 Å². The van der Waals surface area contributed by atoms with Crippen LogP contribution in [0.3, 0.4) is 0 Å². The number of H-pyrrole nitrogens is 1. The third-order valence-electron chi connectivity index (χ3n) is 4.50. The van der Waals surface area contributed by atoms with Crippen molar-refractivity contribution in [3.8, 4) is 0 Å². The predicted octanol–water partition coefficient (Wildman–Crippen LogP) is 3.59. The van der Waals surface area contributed by atoms with Gasteiger partial charge in [-0.2, -0.15) is 0 Å². The van der Waals surface area contributed by atoms with Crippen molar-refractivity contribution >= 4 is 22.7 Å². The van der Waals surface area contributed by atoms with E-state index in [2.05, 4.69) is 22.1 Å². The van der Waals surface area contributed by atoms with Gasteiger partial charge in [0.2, 0.25) is 0 Å². The molecule has 120 valence electrons. The van der Waals surface area contributed by atoms with Crippen LogP contribution >= 0.6 is 0 Å². The normalized spacial score (nSPS) is 23.4. The molecule has 3 heterocycles. The molecular formula is C18H21N3O2. The van der Waals surface area contributed by atoms with Crippen molar-refractivity contribution in [2.24, 2.45) is 5.92 Å². The minimum atomic E-state index is -0.465. The predicted molar refractivity (Wildman–Crippen MR) is 88.9 cm³/mol. The average Bonchev–Trinajstić information content (AvgIpc) is 3.18. The van der Waals surface area contributed by atoms with Crippen LogP contribution in [0.4, 0.5) is 4.79 Å². The highest BCUT2D eigenvalue weighted by molar-refractivity contribution is 5.93. The molecular weight excluding hydrogens is 290 g/mol. The molecule has 0 saturated carbocycles. The van der Waals surface area contributed by atoms with Gasteiger partial charge in [-0.15, -0.1) is 0 Å². The Bertz CT molecular complexity index is 800. The number of carbonyl (C=O) groups excluding carboxylic acids is 1. The molecule has 0 aromatic carbocycles. The van der Waals surface area contributed by atoms with E-state index >= 15 is 0 Å². The summed E-state index contributed by atoms with van der Waals surface area (Å²) in [5.41, 5.74) is 2.78. The molecule has 5 nitrogen and oxygen atoms in total. The Balaban J connectivity index is 1.65. The van der Waals surface area contributed by atoms with Crippen LogP contribution in [0.5, 0.6) is 0 Å². The van der Waals surface area contributed by atoms with Crippen molar-refractivity contribution in [3.05, 3.63) is 36.2 Å². The molecule has 2 aliphatic rings. The van der Waals surface area contributed by atoms with Gasteiger partial charge in [0, 0.05) is 29.9 Å². The average molecular weight is 311 g/mol. The van der Waals surface area contributed by atoms with E-state index in [0.29, 0.717) is 5.92 Å². The molecule has 1 saturated heterocycles. The second-order valence-electron chi connectivity index (χ2n) is 7.37. The quantitative estimate of drug-likeness (QED) is 0.875. The van der Waals surface area contributed by atoms with Crippen LogP contribution in [0.25, 0.3) is 16.6 Å². The minimum absolute atomic E-state index is 0.106. The fourth-order valence-electron chi connectivity index (χ4n) is 3.64. The van der Waals surface area contributed by atoms with Gasteiger partial charge in [-0.3, -0.25) is 0 Å². The van der Waals surface area contributed by atoms with Gasteiger partial charge in [-0.25, -0.2) is 9.78 Å². The first-order valence-corrected chi connectivity index (χ1v) is 8.06. The number of rotatable bonds is 1. The van der Waals surface area contributed by atoms with Crippen molar-refractivity contribution in [3.63, 3.8) is 0 Å². The highest BCUT2D eigenvalue weighted by Crippen LogP contribution is 2.43. The number of likely N-dealkylation sites (tertiary alicyclic amines) is 1. The summed E-state index contributed by atoms with van der Waals surface area (Å²) in [5.74, 6) is 0.420. The number of ether oxygens (including phenoxy) is 1. The molecule has 2 aromatic rings. The van der Waals surface area contributed by atoms with Crippen LogP contribution < -0.4 is 0 Å². The Hall–Kier alpha value is -2.30. The molecule has 1 aliphatic carbocycles. The summed E-state index contributed by atoms with van der Waals surface area (Å²) in [4.78, 5) is 21.9. The maximum Gasteiger partial charge on any atom is 0.410 e. The van der Waals surface area contributed by atoms with E-state index in [1.165, 1.54) is 5.57 Å². The molecule has 2 bridgehead atoms. The standard InChI is InChI=1S/C18H21N3O2/c1-18(2,3)23-17(22)21-10-11-7-13(15(21)8-11)14-9-20-16-12(14)5-4-6-19-16/h4-7,9,11,15H,8,10H2,1-3H3,(H,19,20)/t11-,15-/m0/s1. The molecule has 5 heteroatoms. The van der Waals surface area contributed by atoms with Crippen LogP contribution in [0, 0.1) is 5.92 Å². The van der Waals surface area contributed by atoms with Crippen LogP contribution in [-0.2, 0) is 4.74 Å². The Morgan fingerprint density at radius 2 is 2.26 bits per heavy atom. The van der Waals surface area contributed by atoms with E-state index in [9.17, 15) is 4.79 Å². The minimum Gasteiger partial charge on any atom is -0.444 e. The second kappa shape index (κ2) is 4.85. The number of nitrogens with zero attached hydrogens (tertiary/aromatic N) is 2. The van der Waals surface area contributed by atoms with Crippen LogP contribution in [0.2, 0.25) is 0 Å². The van der Waals surface area contributed by atoms with Crippen molar-refractivity contribution in [1.82, 2.24) is 14.9 Å². The van der Waals surface area contributed by atoms with E-state index in [-0.39, 0.29) is 12.1 Å². The molecule has 0 unspecified atom stereocenters. The fraction of sp³-hybridized carbons (Fsp3) is 0.444. The van der Waals surface area contributed by atoms with Gasteiger partial charge in [0.05, 0.1) is 6.04 Å².